The first-order chi connectivity index (χ1) is 15.0. The maximum atomic E-state index is 13.2. The molecule has 4 nitrogen and oxygen atoms in total. The van der Waals surface area contributed by atoms with Gasteiger partial charge in [0, 0.05) is 18.3 Å². The molecule has 2 N–H and O–H groups in total. The monoisotopic (exact) mass is 423 g/mol. The summed E-state index contributed by atoms with van der Waals surface area (Å²) in [7, 11) is 0. The Kier molecular flexibility index (Phi) is 6.83. The molecule has 0 aliphatic heterocycles. The van der Waals surface area contributed by atoms with Crippen molar-refractivity contribution in [3.8, 4) is 0 Å². The molecule has 3 fully saturated rings. The quantitative estimate of drug-likeness (QED) is 0.551. The summed E-state index contributed by atoms with van der Waals surface area (Å²) in [6, 6.07) is 3.63. The molecular weight excluding hydrogens is 382 g/mol. The van der Waals surface area contributed by atoms with Crippen LogP contribution in [0, 0.1) is 40.9 Å². The lowest BCUT2D eigenvalue weighted by Crippen LogP contribution is -2.48. The van der Waals surface area contributed by atoms with Crippen LogP contribution in [-0.4, -0.2) is 23.5 Å². The van der Waals surface area contributed by atoms with Crippen molar-refractivity contribution in [2.75, 3.05) is 12.3 Å². The summed E-state index contributed by atoms with van der Waals surface area (Å²) >= 11 is 0. The molecule has 1 aromatic rings. The van der Waals surface area contributed by atoms with E-state index in [2.05, 4.69) is 30.7 Å². The number of aliphatic imine (C=N–C) groups is 1. The third-order valence-corrected chi connectivity index (χ3v) is 9.39. The van der Waals surface area contributed by atoms with Crippen LogP contribution in [0.3, 0.4) is 0 Å². The van der Waals surface area contributed by atoms with Crippen LogP contribution >= 0.6 is 0 Å². The molecule has 7 atom stereocenters. The standard InChI is InChI=1S/C27H41N3O/c1-4-7-19-18(5-2)9-10-21-20(19)13-14-27(3)22(21)11-12-23(27)26(31)17-29-16-25-24(28)8-6-15-30-25/h6,8,15-16,18-23H,4-5,7,9-14,17,28H2,1-3H3. The van der Waals surface area contributed by atoms with Crippen molar-refractivity contribution in [3.63, 3.8) is 0 Å². The van der Waals surface area contributed by atoms with Gasteiger partial charge in [0.2, 0.25) is 0 Å². The molecule has 0 spiro atoms. The number of ketones is 1. The number of pyridine rings is 1. The summed E-state index contributed by atoms with van der Waals surface area (Å²) in [6.45, 7) is 7.44. The van der Waals surface area contributed by atoms with Crippen molar-refractivity contribution >= 4 is 17.7 Å². The van der Waals surface area contributed by atoms with Crippen LogP contribution in [0.5, 0.6) is 0 Å². The lowest BCUT2D eigenvalue weighted by molar-refractivity contribution is -0.128. The number of rotatable bonds is 7. The molecule has 4 heteroatoms. The van der Waals surface area contributed by atoms with Crippen molar-refractivity contribution in [3.05, 3.63) is 24.0 Å². The van der Waals surface area contributed by atoms with Gasteiger partial charge in [-0.1, -0.05) is 40.0 Å². The van der Waals surface area contributed by atoms with Crippen molar-refractivity contribution < 1.29 is 4.79 Å². The number of nitrogens with zero attached hydrogens (tertiary/aromatic N) is 2. The maximum Gasteiger partial charge on any atom is 0.157 e. The molecule has 0 radical (unpaired) electrons. The highest BCUT2D eigenvalue weighted by molar-refractivity contribution is 5.89. The SMILES string of the molecule is CCCC1C(CC)CCC2C1CCC1(C)C(C(=O)CN=Cc3ncccc3N)CCC21. The van der Waals surface area contributed by atoms with Crippen LogP contribution in [-0.2, 0) is 4.79 Å². The zero-order chi connectivity index (χ0) is 22.0. The van der Waals surface area contributed by atoms with E-state index in [-0.39, 0.29) is 17.9 Å². The first kappa shape index (κ1) is 22.5. The Balaban J connectivity index is 1.44. The van der Waals surface area contributed by atoms with E-state index in [9.17, 15) is 4.79 Å². The molecule has 3 aliphatic rings. The fourth-order valence-electron chi connectivity index (χ4n) is 7.92. The van der Waals surface area contributed by atoms with E-state index in [1.54, 1.807) is 12.4 Å². The molecule has 0 saturated heterocycles. The molecule has 4 rings (SSSR count). The predicted molar refractivity (Wildman–Crippen MR) is 128 cm³/mol. The average molecular weight is 424 g/mol. The molecule has 0 amide bonds. The third kappa shape index (κ3) is 4.19. The highest BCUT2D eigenvalue weighted by atomic mass is 16.1. The lowest BCUT2D eigenvalue weighted by atomic mass is 9.50. The number of hydrogen-bond acceptors (Lipinski definition) is 4. The van der Waals surface area contributed by atoms with E-state index in [0.717, 1.165) is 36.0 Å². The van der Waals surface area contributed by atoms with Gasteiger partial charge in [0.1, 0.15) is 5.69 Å². The highest BCUT2D eigenvalue weighted by Crippen LogP contribution is 2.63. The number of hydrogen-bond donors (Lipinski definition) is 1. The molecule has 1 aromatic heterocycles. The van der Waals surface area contributed by atoms with E-state index in [1.807, 2.05) is 12.1 Å². The number of carbonyl (C=O) groups is 1. The zero-order valence-corrected chi connectivity index (χ0v) is 19.7. The van der Waals surface area contributed by atoms with Gasteiger partial charge in [-0.25, -0.2) is 0 Å². The molecule has 31 heavy (non-hydrogen) atoms. The van der Waals surface area contributed by atoms with Crippen molar-refractivity contribution in [1.82, 2.24) is 4.98 Å². The van der Waals surface area contributed by atoms with Crippen LogP contribution < -0.4 is 5.73 Å². The summed E-state index contributed by atoms with van der Waals surface area (Å²) in [5, 5.41) is 0. The minimum atomic E-state index is 0.171. The van der Waals surface area contributed by atoms with Gasteiger partial charge in [-0.3, -0.25) is 14.8 Å². The molecule has 0 bridgehead atoms. The van der Waals surface area contributed by atoms with E-state index in [4.69, 9.17) is 5.73 Å². The van der Waals surface area contributed by atoms with Crippen molar-refractivity contribution in [2.45, 2.75) is 78.6 Å². The summed E-state index contributed by atoms with van der Waals surface area (Å²) in [5.74, 6) is 4.81. The lowest BCUT2D eigenvalue weighted by Gasteiger charge is -2.54. The molecule has 3 aliphatic carbocycles. The fourth-order valence-corrected chi connectivity index (χ4v) is 7.92. The number of Topliss-reactive ketones (excluding diaryl/α,β-unsaturated/α-hetero) is 1. The largest absolute Gasteiger partial charge is 0.397 e. The first-order valence-corrected chi connectivity index (χ1v) is 12.7. The van der Waals surface area contributed by atoms with Gasteiger partial charge in [-0.2, -0.15) is 0 Å². The Morgan fingerprint density at radius 1 is 1.23 bits per heavy atom. The van der Waals surface area contributed by atoms with E-state index in [0.29, 0.717) is 17.2 Å². The maximum absolute atomic E-state index is 13.2. The second-order valence-electron chi connectivity index (χ2n) is 10.7. The Labute approximate surface area is 188 Å². The van der Waals surface area contributed by atoms with Gasteiger partial charge in [0.05, 0.1) is 12.2 Å². The van der Waals surface area contributed by atoms with E-state index >= 15 is 0 Å². The van der Waals surface area contributed by atoms with Gasteiger partial charge < -0.3 is 5.73 Å². The van der Waals surface area contributed by atoms with Gasteiger partial charge in [-0.05, 0) is 85.7 Å². The topological polar surface area (TPSA) is 68.3 Å². The van der Waals surface area contributed by atoms with Crippen LogP contribution in [0.4, 0.5) is 5.69 Å². The smallest absolute Gasteiger partial charge is 0.157 e. The Hall–Kier alpha value is -1.71. The highest BCUT2D eigenvalue weighted by Gasteiger charge is 2.57. The second kappa shape index (κ2) is 9.42. The van der Waals surface area contributed by atoms with E-state index in [1.165, 1.54) is 51.4 Å². The number of aromatic nitrogens is 1. The molecule has 0 aromatic carbocycles. The number of anilines is 1. The normalized spacial score (nSPS) is 37.5. The summed E-state index contributed by atoms with van der Waals surface area (Å²) in [6.07, 6.45) is 15.1. The minimum Gasteiger partial charge on any atom is -0.397 e. The number of nitrogens with two attached hydrogens (primary N) is 1. The molecule has 170 valence electrons. The number of carbonyl (C=O) groups excluding carboxylic acids is 1. The van der Waals surface area contributed by atoms with Gasteiger partial charge in [0.25, 0.3) is 0 Å². The average Bonchev–Trinajstić information content (AvgIpc) is 3.13. The molecule has 1 heterocycles. The van der Waals surface area contributed by atoms with E-state index < -0.39 is 0 Å². The summed E-state index contributed by atoms with van der Waals surface area (Å²) < 4.78 is 0. The van der Waals surface area contributed by atoms with Gasteiger partial charge in [0.15, 0.2) is 5.78 Å². The third-order valence-electron chi connectivity index (χ3n) is 9.39. The van der Waals surface area contributed by atoms with Gasteiger partial charge in [-0.15, -0.1) is 0 Å². The molecule has 7 unspecified atom stereocenters. The van der Waals surface area contributed by atoms with Crippen LogP contribution in [0.15, 0.2) is 23.3 Å². The molecular formula is C27H41N3O. The number of nitrogen functional groups attached to an aromatic ring is 1. The van der Waals surface area contributed by atoms with Crippen molar-refractivity contribution in [2.24, 2.45) is 45.9 Å². The Bertz CT molecular complexity index is 805. The molecule has 3 saturated carbocycles. The van der Waals surface area contributed by atoms with Crippen LogP contribution in [0.2, 0.25) is 0 Å². The fraction of sp³-hybridized carbons (Fsp3) is 0.741. The minimum absolute atomic E-state index is 0.171. The van der Waals surface area contributed by atoms with Crippen LogP contribution in [0.25, 0.3) is 0 Å². The summed E-state index contributed by atoms with van der Waals surface area (Å²) in [5.41, 5.74) is 7.38. The predicted octanol–water partition coefficient (Wildman–Crippen LogP) is 5.95. The zero-order valence-electron chi connectivity index (χ0n) is 19.7. The van der Waals surface area contributed by atoms with Crippen molar-refractivity contribution in [1.29, 1.82) is 0 Å². The summed E-state index contributed by atoms with van der Waals surface area (Å²) in [4.78, 5) is 21.9. The Morgan fingerprint density at radius 3 is 2.81 bits per heavy atom. The first-order valence-electron chi connectivity index (χ1n) is 12.7. The Morgan fingerprint density at radius 2 is 2.06 bits per heavy atom. The van der Waals surface area contributed by atoms with Gasteiger partial charge >= 0.3 is 0 Å². The second-order valence-corrected chi connectivity index (χ2v) is 10.7. The number of fused-ring (bicyclic) bond motifs is 3. The van der Waals surface area contributed by atoms with Crippen LogP contribution in [0.1, 0.15) is 84.3 Å².